The Morgan fingerprint density at radius 2 is 1.61 bits per heavy atom. The van der Waals surface area contributed by atoms with E-state index < -0.39 is 46.8 Å². The molecular formula is C40H33ClIN3O6. The zero-order chi connectivity index (χ0) is 35.8. The molecule has 0 aromatic heterocycles. The molecule has 2 aliphatic heterocycles. The summed E-state index contributed by atoms with van der Waals surface area (Å²) in [5, 5.41) is 12.5. The van der Waals surface area contributed by atoms with Gasteiger partial charge in [-0.15, -0.1) is 0 Å². The number of halogens is 2. The number of imide groups is 2. The lowest BCUT2D eigenvalue weighted by Gasteiger charge is -2.50. The molecule has 2 saturated heterocycles. The van der Waals surface area contributed by atoms with Crippen molar-refractivity contribution in [2.24, 2.45) is 23.7 Å². The van der Waals surface area contributed by atoms with Crippen LogP contribution in [0.1, 0.15) is 35.4 Å². The molecule has 2 aliphatic carbocycles. The maximum Gasteiger partial charge on any atom is 0.260 e. The van der Waals surface area contributed by atoms with Crippen LogP contribution >= 0.6 is 34.2 Å². The highest BCUT2D eigenvalue weighted by atomic mass is 127. The molecular weight excluding hydrogens is 781 g/mol. The molecule has 1 saturated carbocycles. The number of anilines is 2. The van der Waals surface area contributed by atoms with Gasteiger partial charge in [-0.25, -0.2) is 0 Å². The van der Waals surface area contributed by atoms with Crippen molar-refractivity contribution in [2.75, 3.05) is 17.4 Å². The molecule has 2 heterocycles. The summed E-state index contributed by atoms with van der Waals surface area (Å²) in [5.74, 6) is -4.84. The first-order valence-corrected chi connectivity index (χ1v) is 18.2. The average Bonchev–Trinajstić information content (AvgIpc) is 3.51. The normalized spacial score (nSPS) is 26.8. The van der Waals surface area contributed by atoms with Crippen LogP contribution in [0.2, 0.25) is 5.02 Å². The Hall–Kier alpha value is -4.68. The smallest absolute Gasteiger partial charge is 0.260 e. The third kappa shape index (κ3) is 5.01. The van der Waals surface area contributed by atoms with Gasteiger partial charge in [0.05, 0.1) is 45.2 Å². The minimum atomic E-state index is -1.43. The monoisotopic (exact) mass is 813 g/mol. The Morgan fingerprint density at radius 3 is 2.29 bits per heavy atom. The fourth-order valence-electron chi connectivity index (χ4n) is 8.88. The van der Waals surface area contributed by atoms with E-state index in [1.165, 1.54) is 12.0 Å². The number of fused-ring (bicyclic) bond motifs is 4. The topological polar surface area (TPSA) is 116 Å². The SMILES string of the molecule is COc1cc([C@H]2C3=CC[C@@H]4C(=O)N(c5ccc(Cl)cc5)C(=O)[C@@H]4[C@@H]3C[C@H]3C(=O)N(Nc4ccc(C)cc4)C(=O)[C@@]23c2ccccc2)cc(I)c1O. The number of nitrogens with zero attached hydrogens (tertiary/aromatic N) is 2. The van der Waals surface area contributed by atoms with Crippen molar-refractivity contribution in [1.82, 2.24) is 5.01 Å². The van der Waals surface area contributed by atoms with Crippen molar-refractivity contribution in [2.45, 2.75) is 31.1 Å². The predicted molar refractivity (Wildman–Crippen MR) is 200 cm³/mol. The number of benzene rings is 4. The molecule has 4 aliphatic rings. The number of allylic oxidation sites excluding steroid dienone is 2. The number of carbonyl (C=O) groups excluding carboxylic acids is 4. The second-order valence-electron chi connectivity index (χ2n) is 13.6. The average molecular weight is 814 g/mol. The Morgan fingerprint density at radius 1 is 0.902 bits per heavy atom. The van der Waals surface area contributed by atoms with E-state index in [-0.39, 0.29) is 36.2 Å². The van der Waals surface area contributed by atoms with Crippen molar-refractivity contribution in [3.63, 3.8) is 0 Å². The molecule has 258 valence electrons. The highest BCUT2D eigenvalue weighted by molar-refractivity contribution is 14.1. The molecule has 4 aromatic rings. The second kappa shape index (κ2) is 12.5. The van der Waals surface area contributed by atoms with Gasteiger partial charge in [-0.1, -0.05) is 71.3 Å². The van der Waals surface area contributed by atoms with E-state index in [9.17, 15) is 19.5 Å². The second-order valence-corrected chi connectivity index (χ2v) is 15.2. The van der Waals surface area contributed by atoms with Crippen LogP contribution < -0.4 is 15.1 Å². The lowest BCUT2D eigenvalue weighted by atomic mass is 9.49. The van der Waals surface area contributed by atoms with Crippen LogP contribution in [0, 0.1) is 34.2 Å². The lowest BCUT2D eigenvalue weighted by molar-refractivity contribution is -0.138. The van der Waals surface area contributed by atoms with Crippen LogP contribution in [0.15, 0.2) is 103 Å². The molecule has 6 atom stereocenters. The molecule has 51 heavy (non-hydrogen) atoms. The first-order chi connectivity index (χ1) is 24.6. The van der Waals surface area contributed by atoms with Gasteiger partial charge in [0.25, 0.3) is 11.8 Å². The third-order valence-electron chi connectivity index (χ3n) is 11.1. The van der Waals surface area contributed by atoms with Crippen LogP contribution in [0.5, 0.6) is 11.5 Å². The van der Waals surface area contributed by atoms with Crippen molar-refractivity contribution in [3.05, 3.63) is 128 Å². The third-order valence-corrected chi connectivity index (χ3v) is 12.2. The molecule has 11 heteroatoms. The zero-order valence-corrected chi connectivity index (χ0v) is 30.6. The van der Waals surface area contributed by atoms with Gasteiger partial charge in [-0.2, -0.15) is 5.01 Å². The van der Waals surface area contributed by atoms with E-state index in [0.717, 1.165) is 16.1 Å². The number of aryl methyl sites for hydroxylation is 1. The number of hydrazine groups is 1. The fraction of sp³-hybridized carbons (Fsp3) is 0.250. The summed E-state index contributed by atoms with van der Waals surface area (Å²) in [6.07, 6.45) is 2.47. The molecule has 0 unspecified atom stereocenters. The molecule has 3 fully saturated rings. The number of hydrogen-bond donors (Lipinski definition) is 2. The quantitative estimate of drug-likeness (QED) is 0.121. The van der Waals surface area contributed by atoms with E-state index in [0.29, 0.717) is 31.1 Å². The summed E-state index contributed by atoms with van der Waals surface area (Å²) in [6.45, 7) is 1.96. The molecule has 2 N–H and O–H groups in total. The summed E-state index contributed by atoms with van der Waals surface area (Å²) in [7, 11) is 1.46. The van der Waals surface area contributed by atoms with Gasteiger partial charge in [-0.05, 0) is 108 Å². The summed E-state index contributed by atoms with van der Waals surface area (Å²) in [4.78, 5) is 59.9. The molecule has 0 spiro atoms. The van der Waals surface area contributed by atoms with Gasteiger partial charge in [0.15, 0.2) is 11.5 Å². The van der Waals surface area contributed by atoms with Crippen LogP contribution in [-0.2, 0) is 24.6 Å². The fourth-order valence-corrected chi connectivity index (χ4v) is 9.63. The maximum absolute atomic E-state index is 15.3. The number of amides is 4. The highest BCUT2D eigenvalue weighted by Gasteiger charge is 2.70. The standard InChI is InChI=1S/C40H33ClIN3O6/c1-21-8-12-25(13-9-21)43-45-37(48)30-20-29-27(16-17-28-33(29)38(49)44(36(28)47)26-14-10-24(41)11-15-26)34(22-18-31(42)35(46)32(19-22)51-2)40(30,39(45)50)23-6-4-3-5-7-23/h3-16,18-19,28-30,33-34,43,46H,17,20H2,1-2H3/t28-,29+,30-,33-,34-,40+/m0/s1. The summed E-state index contributed by atoms with van der Waals surface area (Å²) >= 11 is 8.18. The molecule has 0 bridgehead atoms. The van der Waals surface area contributed by atoms with Crippen LogP contribution in [-0.4, -0.2) is 40.9 Å². The van der Waals surface area contributed by atoms with E-state index in [1.54, 1.807) is 30.3 Å². The minimum Gasteiger partial charge on any atom is -0.504 e. The number of carbonyl (C=O) groups is 4. The highest BCUT2D eigenvalue weighted by Crippen LogP contribution is 2.64. The van der Waals surface area contributed by atoms with E-state index in [1.807, 2.05) is 96.3 Å². The van der Waals surface area contributed by atoms with Crippen molar-refractivity contribution in [1.29, 1.82) is 0 Å². The summed E-state index contributed by atoms with van der Waals surface area (Å²) in [6, 6.07) is 26.9. The van der Waals surface area contributed by atoms with E-state index >= 15 is 4.79 Å². The maximum atomic E-state index is 15.3. The molecule has 9 nitrogen and oxygen atoms in total. The number of phenols is 1. The molecule has 8 rings (SSSR count). The summed E-state index contributed by atoms with van der Waals surface area (Å²) < 4.78 is 6.11. The van der Waals surface area contributed by atoms with E-state index in [2.05, 4.69) is 5.43 Å². The van der Waals surface area contributed by atoms with Gasteiger partial charge >= 0.3 is 0 Å². The Kier molecular flexibility index (Phi) is 8.22. The number of rotatable bonds is 6. The van der Waals surface area contributed by atoms with Crippen LogP contribution in [0.25, 0.3) is 0 Å². The number of aromatic hydroxyl groups is 1. The van der Waals surface area contributed by atoms with E-state index in [4.69, 9.17) is 16.3 Å². The van der Waals surface area contributed by atoms with Gasteiger partial charge in [0.1, 0.15) is 0 Å². The Labute approximate surface area is 313 Å². The summed E-state index contributed by atoms with van der Waals surface area (Å²) in [5.41, 5.74) is 5.86. The lowest BCUT2D eigenvalue weighted by Crippen LogP contribution is -2.53. The Bertz CT molecular complexity index is 2140. The number of nitrogens with one attached hydrogen (secondary N) is 1. The van der Waals surface area contributed by atoms with Gasteiger partial charge < -0.3 is 9.84 Å². The first kappa shape index (κ1) is 33.5. The predicted octanol–water partition coefficient (Wildman–Crippen LogP) is 7.16. The zero-order valence-electron chi connectivity index (χ0n) is 27.7. The number of hydrogen-bond acceptors (Lipinski definition) is 7. The van der Waals surface area contributed by atoms with Gasteiger partial charge in [-0.3, -0.25) is 29.5 Å². The van der Waals surface area contributed by atoms with Crippen LogP contribution in [0.4, 0.5) is 11.4 Å². The Balaban J connectivity index is 1.34. The molecule has 0 radical (unpaired) electrons. The van der Waals surface area contributed by atoms with Gasteiger partial charge in [0, 0.05) is 10.9 Å². The van der Waals surface area contributed by atoms with Crippen molar-refractivity contribution >= 4 is 69.2 Å². The van der Waals surface area contributed by atoms with Gasteiger partial charge in [0.2, 0.25) is 11.8 Å². The van der Waals surface area contributed by atoms with Crippen molar-refractivity contribution in [3.8, 4) is 11.5 Å². The number of ether oxygens (including phenoxy) is 1. The largest absolute Gasteiger partial charge is 0.504 e. The minimum absolute atomic E-state index is 0.0381. The van der Waals surface area contributed by atoms with Crippen LogP contribution in [0.3, 0.4) is 0 Å². The first-order valence-electron chi connectivity index (χ1n) is 16.7. The van der Waals surface area contributed by atoms with Crippen molar-refractivity contribution < 1.29 is 29.0 Å². The number of phenolic OH excluding ortho intramolecular Hbond substituents is 1. The number of methoxy groups -OCH3 is 1. The molecule has 4 amide bonds. The molecule has 4 aromatic carbocycles.